The molecule has 0 spiro atoms. The van der Waals surface area contributed by atoms with Crippen LogP contribution in [-0.2, 0) is 0 Å². The predicted molar refractivity (Wildman–Crippen MR) is 65.3 cm³/mol. The Bertz CT molecular complexity index is 30.7. The fraction of sp³-hybridized carbons (Fsp3) is 1.00. The molecule has 5 heteroatoms. The second-order valence-corrected chi connectivity index (χ2v) is 1.16. The summed E-state index contributed by atoms with van der Waals surface area (Å²) in [4.78, 5) is 0. The molecule has 2 nitrogen and oxygen atoms in total. The third-order valence-electron chi connectivity index (χ3n) is 0. The number of nitrogens with one attached hydrogen (secondary N) is 1. The molecule has 0 rings (SSSR count). The van der Waals surface area contributed by atoms with Crippen molar-refractivity contribution in [3.05, 3.63) is 0 Å². The van der Waals surface area contributed by atoms with Crippen LogP contribution in [0.15, 0.2) is 0 Å². The van der Waals surface area contributed by atoms with Crippen molar-refractivity contribution in [1.29, 1.82) is 5.76 Å². The summed E-state index contributed by atoms with van der Waals surface area (Å²) in [6.45, 7) is 0. The SMILES string of the molecule is C.C.C.C.N=PP.O.[2H]I. The normalized spacial score (nSPS) is 3.11. The van der Waals surface area contributed by atoms with Crippen LogP contribution in [0.25, 0.3) is 0 Å². The van der Waals surface area contributed by atoms with Gasteiger partial charge in [-0.25, -0.2) is 0 Å². The van der Waals surface area contributed by atoms with E-state index in [2.05, 4.69) is 8.93 Å². The maximum absolute atomic E-state index is 6.14. The average molecular weight is 290 g/mol. The van der Waals surface area contributed by atoms with E-state index in [1.165, 1.54) is 23.8 Å². The molecular formula is C4H22INOP2. The minimum atomic E-state index is 0. The Morgan fingerprint density at radius 3 is 1.22 bits per heavy atom. The van der Waals surface area contributed by atoms with Crippen LogP contribution in [0.2, 0.25) is 0 Å². The average Bonchev–Trinajstić information content (AvgIpc) is 1.46. The van der Waals surface area contributed by atoms with E-state index >= 15 is 0 Å². The summed E-state index contributed by atoms with van der Waals surface area (Å²) < 4.78 is 5.72. The Morgan fingerprint density at radius 2 is 1.22 bits per heavy atom. The quantitative estimate of drug-likeness (QED) is 0.521. The van der Waals surface area contributed by atoms with Crippen molar-refractivity contribution < 1.29 is 5.48 Å². The molecule has 0 aliphatic rings. The van der Waals surface area contributed by atoms with Crippen LogP contribution in [0.4, 0.5) is 0 Å². The van der Waals surface area contributed by atoms with Crippen LogP contribution in [0.5, 0.6) is 0 Å². The van der Waals surface area contributed by atoms with Gasteiger partial charge < -0.3 is 5.48 Å². The molecule has 0 saturated carbocycles. The summed E-state index contributed by atoms with van der Waals surface area (Å²) in [6.07, 6.45) is 0. The molecule has 3 N–H and O–H groups in total. The summed E-state index contributed by atoms with van der Waals surface area (Å²) in [5.41, 5.74) is 0. The summed E-state index contributed by atoms with van der Waals surface area (Å²) in [5, 5.41) is 6.14. The highest BCUT2D eigenvalue weighted by molar-refractivity contribution is 14.0. The number of rotatable bonds is 0. The van der Waals surface area contributed by atoms with Gasteiger partial charge >= 0.3 is 0 Å². The highest BCUT2D eigenvalue weighted by atomic mass is 127. The maximum atomic E-state index is 6.14. The van der Waals surface area contributed by atoms with Gasteiger partial charge in [0.1, 0.15) is 0.594 Å². The zero-order valence-electron chi connectivity index (χ0n) is 3.40. The van der Waals surface area contributed by atoms with Crippen LogP contribution < -0.4 is 0 Å². The standard InChI is InChI=1S/4CH4.HI.H3NP2.H2O/c;;;;;1-3-2;/h4*1H4;1H;1H,2H2;1H2/i/hD. The molecule has 0 aromatic carbocycles. The Morgan fingerprint density at radius 1 is 1.22 bits per heavy atom. The maximum Gasteiger partial charge on any atom is 0.107 e. The van der Waals surface area contributed by atoms with Crippen LogP contribution in [0.3, 0.4) is 0 Å². The molecule has 0 aromatic heterocycles. The van der Waals surface area contributed by atoms with E-state index in [0.717, 1.165) is 0 Å². The highest BCUT2D eigenvalue weighted by Gasteiger charge is 1.17. The monoisotopic (exact) mass is 290 g/mol. The van der Waals surface area contributed by atoms with Gasteiger partial charge in [0.2, 0.25) is 0 Å². The molecule has 0 bridgehead atoms. The van der Waals surface area contributed by atoms with Gasteiger partial charge in [0.25, 0.3) is 0 Å². The van der Waals surface area contributed by atoms with Gasteiger partial charge in [-0.3, -0.25) is 5.16 Å². The largest absolute Gasteiger partial charge is 0.412 e. The van der Waals surface area contributed by atoms with Crippen molar-refractivity contribution in [2.45, 2.75) is 29.7 Å². The van der Waals surface area contributed by atoms with E-state index in [1.807, 2.05) is 0 Å². The van der Waals surface area contributed by atoms with Crippen molar-refractivity contribution >= 4 is 40.8 Å². The zero-order chi connectivity index (χ0) is 4.71. The first-order valence-electron chi connectivity index (χ1n) is 0.860. The van der Waals surface area contributed by atoms with Crippen LogP contribution in [0, 0.1) is 5.16 Å². The van der Waals surface area contributed by atoms with Gasteiger partial charge in [-0.05, 0) is 0 Å². The first-order valence-corrected chi connectivity index (χ1v) is 2.99. The number of hydrogen-bond acceptors (Lipinski definition) is 1. The Labute approximate surface area is 81.8 Å². The third-order valence-corrected chi connectivity index (χ3v) is 0. The van der Waals surface area contributed by atoms with E-state index in [9.17, 15) is 0 Å². The predicted octanol–water partition coefficient (Wildman–Crippen LogP) is 3.82. The van der Waals surface area contributed by atoms with Gasteiger partial charge in [0.05, 0.1) is 0 Å². The Balaban J connectivity index is -0.00000000246. The van der Waals surface area contributed by atoms with Crippen molar-refractivity contribution in [3.63, 3.8) is 0 Å². The van der Waals surface area contributed by atoms with Crippen molar-refractivity contribution in [2.24, 2.45) is 0 Å². The lowest BCUT2D eigenvalue weighted by atomic mass is 12.0. The fourth-order valence-electron chi connectivity index (χ4n) is 0. The summed E-state index contributed by atoms with van der Waals surface area (Å²) in [6, 6.07) is 0. The zero-order valence-corrected chi connectivity index (χ0v) is 6.61. The molecule has 66 valence electrons. The first kappa shape index (κ1) is 48.8. The second kappa shape index (κ2) is 126. The van der Waals surface area contributed by atoms with E-state index in [-0.39, 0.29) is 35.2 Å². The number of hydrogen-bond donors (Lipinski definition) is 1. The lowest BCUT2D eigenvalue weighted by Crippen LogP contribution is -0.582. The molecule has 1 atom stereocenters. The summed E-state index contributed by atoms with van der Waals surface area (Å²) in [5.74, 6) is 0. The first-order chi connectivity index (χ1) is 2.41. The van der Waals surface area contributed by atoms with E-state index < -0.39 is 0 Å². The van der Waals surface area contributed by atoms with Crippen LogP contribution >= 0.6 is 40.8 Å². The molecule has 0 amide bonds. The van der Waals surface area contributed by atoms with Crippen molar-refractivity contribution in [2.75, 3.05) is 0 Å². The Hall–Kier alpha value is 1.22. The van der Waals surface area contributed by atoms with Crippen molar-refractivity contribution in [3.8, 4) is 0 Å². The lowest BCUT2D eigenvalue weighted by molar-refractivity contribution is 0.824. The van der Waals surface area contributed by atoms with Gasteiger partial charge in [-0.15, -0.1) is 23.8 Å². The molecule has 0 fully saturated rings. The molecule has 0 aromatic rings. The van der Waals surface area contributed by atoms with E-state index in [1.54, 1.807) is 0 Å². The molecule has 0 heterocycles. The smallest absolute Gasteiger partial charge is 0.107 e. The molecule has 0 saturated heterocycles. The second-order valence-electron chi connectivity index (χ2n) is 0.129. The summed E-state index contributed by atoms with van der Waals surface area (Å²) >= 11 is 1.40. The van der Waals surface area contributed by atoms with E-state index in [0.29, 0.717) is 8.06 Å². The molecule has 9 heavy (non-hydrogen) atoms. The minimum Gasteiger partial charge on any atom is -0.412 e. The van der Waals surface area contributed by atoms with Gasteiger partial charge in [0, 0.05) is 8.06 Å². The number of halogens is 1. The van der Waals surface area contributed by atoms with Crippen LogP contribution in [0.1, 0.15) is 29.7 Å². The van der Waals surface area contributed by atoms with E-state index in [4.69, 9.17) is 5.76 Å². The molecular weight excluding hydrogens is 267 g/mol. The lowest BCUT2D eigenvalue weighted by Gasteiger charge is -1.29. The van der Waals surface area contributed by atoms with Crippen molar-refractivity contribution in [1.82, 2.24) is 0 Å². The minimum absolute atomic E-state index is 0. The highest BCUT2D eigenvalue weighted by Crippen LogP contribution is 2.00. The molecule has 0 aliphatic heterocycles. The van der Waals surface area contributed by atoms with Gasteiger partial charge in [-0.1, -0.05) is 38.6 Å². The van der Waals surface area contributed by atoms with Crippen LogP contribution in [-0.4, -0.2) is 6.07 Å². The summed E-state index contributed by atoms with van der Waals surface area (Å²) in [7, 11) is 2.80. The molecule has 0 aliphatic carbocycles. The molecule has 1 unspecified atom stereocenters. The Kier molecular flexibility index (Phi) is 685. The van der Waals surface area contributed by atoms with Gasteiger partial charge in [-0.2, -0.15) is 0 Å². The third kappa shape index (κ3) is 323. The molecule has 0 radical (unpaired) electrons. The fourth-order valence-corrected chi connectivity index (χ4v) is 0. The van der Waals surface area contributed by atoms with Gasteiger partial charge in [0.15, 0.2) is 0 Å². The topological polar surface area (TPSA) is 55.4 Å².